The smallest absolute Gasteiger partial charge is 0.431 e. The number of ether oxygens (including phenoxy) is 1. The first-order valence-corrected chi connectivity index (χ1v) is 8.25. The van der Waals surface area contributed by atoms with Gasteiger partial charge in [0.2, 0.25) is 5.79 Å². The lowest BCUT2D eigenvalue weighted by molar-refractivity contribution is -0.194. The molecule has 0 unspecified atom stereocenters. The monoisotopic (exact) mass is 276 g/mol. The maximum atomic E-state index is 11.5. The Balaban J connectivity index is 4.69. The molecule has 0 radical (unpaired) electrons. The van der Waals surface area contributed by atoms with Gasteiger partial charge in [-0.2, -0.15) is 0 Å². The molecule has 0 aliphatic carbocycles. The van der Waals surface area contributed by atoms with E-state index in [2.05, 4.69) is 6.58 Å². The molecule has 0 N–H and O–H groups in total. The molecule has 0 aromatic carbocycles. The predicted octanol–water partition coefficient (Wildman–Crippen LogP) is 2.50. The Morgan fingerprint density at radius 2 is 1.67 bits per heavy atom. The van der Waals surface area contributed by atoms with E-state index in [1.807, 2.05) is 13.8 Å². The number of hydrogen-bond donors (Lipinski definition) is 0. The Morgan fingerprint density at radius 3 is 2.00 bits per heavy atom. The van der Waals surface area contributed by atoms with Crippen LogP contribution in [-0.4, -0.2) is 33.8 Å². The predicted molar refractivity (Wildman–Crippen MR) is 70.9 cm³/mol. The molecule has 0 spiro atoms. The number of rotatable bonds is 8. The zero-order chi connectivity index (χ0) is 14.4. The van der Waals surface area contributed by atoms with Crippen LogP contribution < -0.4 is 0 Å². The van der Waals surface area contributed by atoms with Crippen molar-refractivity contribution in [2.75, 3.05) is 13.2 Å². The Kier molecular flexibility index (Phi) is 6.76. The molecule has 0 amide bonds. The first-order chi connectivity index (χ1) is 8.16. The summed E-state index contributed by atoms with van der Waals surface area (Å²) in [5, 5.41) is 0. The third-order valence-electron chi connectivity index (χ3n) is 1.93. The van der Waals surface area contributed by atoms with Gasteiger partial charge in [-0.15, -0.1) is 0 Å². The van der Waals surface area contributed by atoms with Crippen molar-refractivity contribution in [2.45, 2.75) is 47.0 Å². The van der Waals surface area contributed by atoms with Crippen molar-refractivity contribution in [1.82, 2.24) is 0 Å². The topological polar surface area (TPSA) is 54.0 Å². The number of esters is 1. The average Bonchev–Trinajstić information content (AvgIpc) is 2.15. The molecular formula is C12H24O5Si. The van der Waals surface area contributed by atoms with Gasteiger partial charge < -0.3 is 18.0 Å². The fourth-order valence-electron chi connectivity index (χ4n) is 1.40. The van der Waals surface area contributed by atoms with E-state index in [1.54, 1.807) is 27.3 Å². The van der Waals surface area contributed by atoms with Crippen LogP contribution >= 0.6 is 0 Å². The molecule has 0 saturated heterocycles. The third-order valence-corrected chi connectivity index (χ3v) is 4.42. The lowest BCUT2D eigenvalue weighted by Crippen LogP contribution is -2.50. The fraction of sp³-hybridized carbons (Fsp3) is 0.750. The van der Waals surface area contributed by atoms with Gasteiger partial charge in [-0.3, -0.25) is 0 Å². The first-order valence-electron chi connectivity index (χ1n) is 6.02. The van der Waals surface area contributed by atoms with Crippen molar-refractivity contribution in [1.29, 1.82) is 0 Å². The minimum absolute atomic E-state index is 0.322. The molecule has 0 bridgehead atoms. The van der Waals surface area contributed by atoms with Crippen molar-refractivity contribution in [3.05, 3.63) is 12.2 Å². The molecule has 0 rings (SSSR count). The molecule has 6 heteroatoms. The van der Waals surface area contributed by atoms with Crippen LogP contribution in [-0.2, 0) is 22.8 Å². The van der Waals surface area contributed by atoms with Gasteiger partial charge >= 0.3 is 14.8 Å². The fourth-order valence-corrected chi connectivity index (χ4v) is 3.59. The zero-order valence-corrected chi connectivity index (χ0v) is 13.2. The van der Waals surface area contributed by atoms with Crippen molar-refractivity contribution in [3.8, 4) is 0 Å². The summed E-state index contributed by atoms with van der Waals surface area (Å²) in [6.45, 7) is 14.9. The van der Waals surface area contributed by atoms with E-state index >= 15 is 0 Å². The van der Waals surface area contributed by atoms with Crippen molar-refractivity contribution >= 4 is 14.8 Å². The summed E-state index contributed by atoms with van der Waals surface area (Å²) in [5.74, 6) is -1.61. The van der Waals surface area contributed by atoms with Crippen LogP contribution in [0.3, 0.4) is 0 Å². The minimum Gasteiger partial charge on any atom is -0.431 e. The molecule has 0 heterocycles. The highest BCUT2D eigenvalue weighted by molar-refractivity contribution is 6.59. The standard InChI is InChI=1S/C12H24O5Si/c1-8-14-18(7,15-9-2)17-12(5,6)16-11(13)10(3)4/h3,8-9H2,1-2,4-7H3. The van der Waals surface area contributed by atoms with Crippen LogP contribution in [0.4, 0.5) is 0 Å². The summed E-state index contributed by atoms with van der Waals surface area (Å²) in [5.41, 5.74) is 0.322. The van der Waals surface area contributed by atoms with Crippen LogP contribution in [0, 0.1) is 0 Å². The van der Waals surface area contributed by atoms with Gasteiger partial charge in [0.15, 0.2) is 0 Å². The van der Waals surface area contributed by atoms with Crippen molar-refractivity contribution in [2.24, 2.45) is 0 Å². The Labute approximate surface area is 110 Å². The molecule has 0 aliphatic rings. The van der Waals surface area contributed by atoms with Crippen LogP contribution in [0.1, 0.15) is 34.6 Å². The summed E-state index contributed by atoms with van der Waals surface area (Å²) < 4.78 is 22.0. The normalized spacial score (nSPS) is 12.3. The van der Waals surface area contributed by atoms with E-state index < -0.39 is 20.6 Å². The Morgan fingerprint density at radius 1 is 1.22 bits per heavy atom. The summed E-state index contributed by atoms with van der Waals surface area (Å²) in [6, 6.07) is 0. The van der Waals surface area contributed by atoms with Gasteiger partial charge in [0.1, 0.15) is 0 Å². The molecule has 0 fully saturated rings. The largest absolute Gasteiger partial charge is 0.500 e. The van der Waals surface area contributed by atoms with Crippen LogP contribution in [0.25, 0.3) is 0 Å². The molecule has 0 atom stereocenters. The molecule has 0 saturated carbocycles. The second-order valence-electron chi connectivity index (χ2n) is 4.40. The second-order valence-corrected chi connectivity index (χ2v) is 6.91. The zero-order valence-electron chi connectivity index (χ0n) is 12.2. The first kappa shape index (κ1) is 17.3. The van der Waals surface area contributed by atoms with Crippen molar-refractivity contribution in [3.63, 3.8) is 0 Å². The maximum Gasteiger partial charge on any atom is 0.500 e. The summed E-state index contributed by atoms with van der Waals surface area (Å²) in [4.78, 5) is 11.5. The van der Waals surface area contributed by atoms with Crippen LogP contribution in [0.15, 0.2) is 12.2 Å². The van der Waals surface area contributed by atoms with E-state index in [9.17, 15) is 4.79 Å². The highest BCUT2D eigenvalue weighted by Crippen LogP contribution is 2.22. The van der Waals surface area contributed by atoms with Crippen molar-refractivity contribution < 1.29 is 22.8 Å². The van der Waals surface area contributed by atoms with E-state index in [-0.39, 0.29) is 0 Å². The van der Waals surface area contributed by atoms with Gasteiger partial charge in [0, 0.05) is 39.2 Å². The summed E-state index contributed by atoms with van der Waals surface area (Å²) >= 11 is 0. The van der Waals surface area contributed by atoms with Gasteiger partial charge in [-0.25, -0.2) is 4.79 Å². The van der Waals surface area contributed by atoms with Gasteiger partial charge in [-0.1, -0.05) is 6.58 Å². The van der Waals surface area contributed by atoms with E-state index in [0.29, 0.717) is 18.8 Å². The quantitative estimate of drug-likeness (QED) is 0.295. The van der Waals surface area contributed by atoms with Gasteiger partial charge in [0.25, 0.3) is 0 Å². The second kappa shape index (κ2) is 7.03. The lowest BCUT2D eigenvalue weighted by atomic mass is 10.3. The maximum absolute atomic E-state index is 11.5. The van der Waals surface area contributed by atoms with Gasteiger partial charge in [0.05, 0.1) is 0 Å². The number of carbonyl (C=O) groups is 1. The molecule has 0 aromatic heterocycles. The third kappa shape index (κ3) is 6.30. The highest BCUT2D eigenvalue weighted by Gasteiger charge is 2.42. The Bertz CT molecular complexity index is 295. The molecule has 0 aromatic rings. The molecule has 18 heavy (non-hydrogen) atoms. The highest BCUT2D eigenvalue weighted by atomic mass is 28.4. The van der Waals surface area contributed by atoms with E-state index in [4.69, 9.17) is 18.0 Å². The number of carbonyl (C=O) groups excluding carboxylic acids is 1. The lowest BCUT2D eigenvalue weighted by Gasteiger charge is -2.34. The molecule has 5 nitrogen and oxygen atoms in total. The molecule has 106 valence electrons. The Hall–Kier alpha value is -0.693. The van der Waals surface area contributed by atoms with E-state index in [0.717, 1.165) is 0 Å². The summed E-state index contributed by atoms with van der Waals surface area (Å²) in [6.07, 6.45) is 0. The molecular weight excluding hydrogens is 252 g/mol. The van der Waals surface area contributed by atoms with Gasteiger partial charge in [-0.05, 0) is 20.8 Å². The minimum atomic E-state index is -2.79. The van der Waals surface area contributed by atoms with Crippen LogP contribution in [0.5, 0.6) is 0 Å². The van der Waals surface area contributed by atoms with Crippen LogP contribution in [0.2, 0.25) is 6.55 Å². The van der Waals surface area contributed by atoms with E-state index in [1.165, 1.54) is 0 Å². The average molecular weight is 276 g/mol. The number of hydrogen-bond acceptors (Lipinski definition) is 5. The SMILES string of the molecule is C=C(C)C(=O)OC(C)(C)O[Si](C)(OCC)OCC. The molecule has 0 aliphatic heterocycles. The summed E-state index contributed by atoms with van der Waals surface area (Å²) in [7, 11) is -2.79.